The Balaban J connectivity index is 1.76. The molecular formula is C24H28O3. The number of aliphatic carboxylic acids is 1. The van der Waals surface area contributed by atoms with Crippen LogP contribution in [0.25, 0.3) is 5.57 Å². The van der Waals surface area contributed by atoms with Gasteiger partial charge < -0.3 is 9.84 Å². The highest BCUT2D eigenvalue weighted by Gasteiger charge is 2.16. The molecule has 0 heterocycles. The number of aryl methyl sites for hydroxylation is 1. The van der Waals surface area contributed by atoms with Gasteiger partial charge in [-0.2, -0.15) is 0 Å². The zero-order valence-corrected chi connectivity index (χ0v) is 16.3. The maximum atomic E-state index is 10.8. The third-order valence-electron chi connectivity index (χ3n) is 5.56. The highest BCUT2D eigenvalue weighted by Crippen LogP contribution is 2.33. The lowest BCUT2D eigenvalue weighted by atomic mass is 9.88. The Morgan fingerprint density at radius 2 is 1.74 bits per heavy atom. The van der Waals surface area contributed by atoms with Gasteiger partial charge in [0.1, 0.15) is 12.4 Å². The Morgan fingerprint density at radius 1 is 1.00 bits per heavy atom. The van der Waals surface area contributed by atoms with Crippen molar-refractivity contribution in [3.63, 3.8) is 0 Å². The van der Waals surface area contributed by atoms with Crippen LogP contribution < -0.4 is 4.74 Å². The molecule has 0 aliphatic heterocycles. The minimum Gasteiger partial charge on any atom is -0.489 e. The summed E-state index contributed by atoms with van der Waals surface area (Å²) < 4.78 is 6.22. The summed E-state index contributed by atoms with van der Waals surface area (Å²) in [4.78, 5) is 10.8. The van der Waals surface area contributed by atoms with E-state index in [2.05, 4.69) is 44.2 Å². The van der Waals surface area contributed by atoms with Gasteiger partial charge in [-0.25, -0.2) is 0 Å². The average Bonchev–Trinajstić information content (AvgIpc) is 2.69. The van der Waals surface area contributed by atoms with Crippen LogP contribution in [-0.2, 0) is 11.2 Å². The molecule has 0 bridgehead atoms. The first-order chi connectivity index (χ1) is 13.1. The van der Waals surface area contributed by atoms with Gasteiger partial charge in [-0.3, -0.25) is 4.79 Å². The number of hydrogen-bond donors (Lipinski definition) is 1. The van der Waals surface area contributed by atoms with Gasteiger partial charge in [0, 0.05) is 6.42 Å². The molecule has 0 amide bonds. The smallest absolute Gasteiger partial charge is 0.303 e. The predicted molar refractivity (Wildman–Crippen MR) is 109 cm³/mol. The second kappa shape index (κ2) is 8.90. The maximum absolute atomic E-state index is 10.8. The zero-order chi connectivity index (χ0) is 19.2. The van der Waals surface area contributed by atoms with E-state index in [0.717, 1.165) is 35.3 Å². The van der Waals surface area contributed by atoms with E-state index < -0.39 is 5.97 Å². The van der Waals surface area contributed by atoms with Crippen molar-refractivity contribution in [1.29, 1.82) is 0 Å². The molecule has 3 nitrogen and oxygen atoms in total. The lowest BCUT2D eigenvalue weighted by Gasteiger charge is -2.22. The van der Waals surface area contributed by atoms with Crippen LogP contribution in [0.2, 0.25) is 0 Å². The lowest BCUT2D eigenvalue weighted by molar-refractivity contribution is -0.136. The van der Waals surface area contributed by atoms with Gasteiger partial charge in [0.05, 0.1) is 0 Å². The number of allylic oxidation sites excluding steroid dienone is 1. The van der Waals surface area contributed by atoms with Crippen LogP contribution in [-0.4, -0.2) is 17.7 Å². The van der Waals surface area contributed by atoms with Crippen LogP contribution in [0, 0.1) is 13.8 Å². The van der Waals surface area contributed by atoms with Gasteiger partial charge in [0.2, 0.25) is 0 Å². The monoisotopic (exact) mass is 364 g/mol. The number of carboxylic acid groups (broad SMARTS) is 1. The average molecular weight is 364 g/mol. The molecule has 3 rings (SSSR count). The molecule has 27 heavy (non-hydrogen) atoms. The molecule has 3 heteroatoms. The van der Waals surface area contributed by atoms with Crippen LogP contribution in [0.5, 0.6) is 5.75 Å². The standard InChI is InChI=1S/C24H28O3/c1-17-18(2)23(14-12-19(17)13-15-24(25)26)27-16-21-10-6-7-11-22(21)20-8-4-3-5-9-20/h3-5,8-9,12,14H,6-7,10-11,13,15-16H2,1-2H3,(H,25,26). The molecule has 0 atom stereocenters. The highest BCUT2D eigenvalue weighted by molar-refractivity contribution is 5.69. The molecule has 2 aromatic rings. The first kappa shape index (κ1) is 19.2. The van der Waals surface area contributed by atoms with Gasteiger partial charge in [0.25, 0.3) is 0 Å². The van der Waals surface area contributed by atoms with Crippen molar-refractivity contribution in [1.82, 2.24) is 0 Å². The van der Waals surface area contributed by atoms with Crippen molar-refractivity contribution in [2.24, 2.45) is 0 Å². The zero-order valence-electron chi connectivity index (χ0n) is 16.3. The number of carboxylic acids is 1. The van der Waals surface area contributed by atoms with Crippen molar-refractivity contribution < 1.29 is 14.6 Å². The van der Waals surface area contributed by atoms with Crippen molar-refractivity contribution in [3.8, 4) is 5.75 Å². The van der Waals surface area contributed by atoms with E-state index in [9.17, 15) is 4.79 Å². The van der Waals surface area contributed by atoms with Crippen LogP contribution in [0.15, 0.2) is 48.0 Å². The largest absolute Gasteiger partial charge is 0.489 e. The first-order valence-electron chi connectivity index (χ1n) is 9.76. The van der Waals surface area contributed by atoms with Crippen LogP contribution >= 0.6 is 0 Å². The molecule has 1 aliphatic rings. The predicted octanol–water partition coefficient (Wildman–Crippen LogP) is 5.73. The molecule has 0 saturated heterocycles. The second-order valence-electron chi connectivity index (χ2n) is 7.31. The van der Waals surface area contributed by atoms with Gasteiger partial charge in [-0.1, -0.05) is 36.4 Å². The summed E-state index contributed by atoms with van der Waals surface area (Å²) in [6.07, 6.45) is 5.40. The molecule has 142 valence electrons. The van der Waals surface area contributed by atoms with Crippen LogP contribution in [0.1, 0.15) is 54.4 Å². The maximum Gasteiger partial charge on any atom is 0.303 e. The summed E-state index contributed by atoms with van der Waals surface area (Å²) in [5.74, 6) is 0.141. The normalized spacial score (nSPS) is 14.3. The molecule has 0 aromatic heterocycles. The van der Waals surface area contributed by atoms with Crippen molar-refractivity contribution in [3.05, 3.63) is 70.3 Å². The number of hydrogen-bond acceptors (Lipinski definition) is 2. The number of ether oxygens (including phenoxy) is 1. The molecular weight excluding hydrogens is 336 g/mol. The Kier molecular flexibility index (Phi) is 6.33. The summed E-state index contributed by atoms with van der Waals surface area (Å²) >= 11 is 0. The fraction of sp³-hybridized carbons (Fsp3) is 0.375. The second-order valence-corrected chi connectivity index (χ2v) is 7.31. The Hall–Kier alpha value is -2.55. The van der Waals surface area contributed by atoms with Crippen molar-refractivity contribution in [2.75, 3.05) is 6.61 Å². The van der Waals surface area contributed by atoms with E-state index in [1.807, 2.05) is 12.1 Å². The quantitative estimate of drug-likeness (QED) is 0.683. The number of carbonyl (C=O) groups is 1. The number of benzene rings is 2. The fourth-order valence-electron chi connectivity index (χ4n) is 3.80. The van der Waals surface area contributed by atoms with E-state index >= 15 is 0 Å². The molecule has 0 unspecified atom stereocenters. The van der Waals surface area contributed by atoms with Crippen LogP contribution in [0.3, 0.4) is 0 Å². The Labute approximate surface area is 161 Å². The van der Waals surface area contributed by atoms with Gasteiger partial charge in [0.15, 0.2) is 0 Å². The molecule has 1 N–H and O–H groups in total. The molecule has 0 fully saturated rings. The lowest BCUT2D eigenvalue weighted by Crippen LogP contribution is -2.09. The number of rotatable bonds is 7. The third kappa shape index (κ3) is 4.79. The van der Waals surface area contributed by atoms with E-state index in [-0.39, 0.29) is 6.42 Å². The highest BCUT2D eigenvalue weighted by atomic mass is 16.5. The minimum atomic E-state index is -0.759. The van der Waals surface area contributed by atoms with Crippen molar-refractivity contribution in [2.45, 2.75) is 52.4 Å². The topological polar surface area (TPSA) is 46.5 Å². The van der Waals surface area contributed by atoms with Gasteiger partial charge in [-0.05, 0) is 85.4 Å². The summed E-state index contributed by atoms with van der Waals surface area (Å²) in [7, 11) is 0. The first-order valence-corrected chi connectivity index (χ1v) is 9.76. The third-order valence-corrected chi connectivity index (χ3v) is 5.56. The minimum absolute atomic E-state index is 0.161. The van der Waals surface area contributed by atoms with E-state index in [1.54, 1.807) is 0 Å². The van der Waals surface area contributed by atoms with Crippen LogP contribution in [0.4, 0.5) is 0 Å². The molecule has 1 aliphatic carbocycles. The van der Waals surface area contributed by atoms with Crippen molar-refractivity contribution >= 4 is 11.5 Å². The van der Waals surface area contributed by atoms with E-state index in [0.29, 0.717) is 13.0 Å². The van der Waals surface area contributed by atoms with E-state index in [4.69, 9.17) is 9.84 Å². The Morgan fingerprint density at radius 3 is 2.48 bits per heavy atom. The molecule has 0 radical (unpaired) electrons. The summed E-state index contributed by atoms with van der Waals surface area (Å²) in [5.41, 5.74) is 7.48. The van der Waals surface area contributed by atoms with Gasteiger partial charge in [-0.15, -0.1) is 0 Å². The summed E-state index contributed by atoms with van der Waals surface area (Å²) in [6.45, 7) is 4.73. The van der Waals surface area contributed by atoms with E-state index in [1.165, 1.54) is 29.6 Å². The summed E-state index contributed by atoms with van der Waals surface area (Å²) in [5, 5.41) is 8.91. The Bertz CT molecular complexity index is 834. The van der Waals surface area contributed by atoms with Gasteiger partial charge >= 0.3 is 5.97 Å². The molecule has 0 saturated carbocycles. The fourth-order valence-corrected chi connectivity index (χ4v) is 3.80. The SMILES string of the molecule is Cc1c(CCC(=O)O)ccc(OCC2=C(c3ccccc3)CCCC2)c1C. The molecule has 0 spiro atoms. The summed E-state index contributed by atoms with van der Waals surface area (Å²) in [6, 6.07) is 14.6. The molecule has 2 aromatic carbocycles.